The number of nitrogens with zero attached hydrogens (tertiary/aromatic N) is 2. The molecule has 0 saturated carbocycles. The number of likely N-dealkylation sites (N-methyl/N-ethyl adjacent to an activating group) is 1. The van der Waals surface area contributed by atoms with Crippen molar-refractivity contribution in [2.45, 2.75) is 13.0 Å². The molecule has 0 fully saturated rings. The molecule has 1 aromatic heterocycles. The first-order chi connectivity index (χ1) is 15.0. The summed E-state index contributed by atoms with van der Waals surface area (Å²) in [6, 6.07) is 15.5. The van der Waals surface area contributed by atoms with Gasteiger partial charge in [-0.25, -0.2) is 0 Å². The van der Waals surface area contributed by atoms with Gasteiger partial charge in [0.1, 0.15) is 0 Å². The van der Waals surface area contributed by atoms with Gasteiger partial charge in [0.25, 0.3) is 5.91 Å². The Hall–Kier alpha value is -2.38. The lowest BCUT2D eigenvalue weighted by Gasteiger charge is -2.35. The third-order valence-electron chi connectivity index (χ3n) is 4.85. The van der Waals surface area contributed by atoms with E-state index in [9.17, 15) is 14.7 Å². The Labute approximate surface area is 202 Å². The van der Waals surface area contributed by atoms with Gasteiger partial charge in [0.2, 0.25) is 0 Å². The number of rotatable bonds is 7. The molecule has 1 amide bonds. The molecule has 168 valence electrons. The molecule has 32 heavy (non-hydrogen) atoms. The van der Waals surface area contributed by atoms with Gasteiger partial charge in [-0.05, 0) is 36.8 Å². The number of carboxylic acid groups (broad SMARTS) is 1. The number of carbonyl (C=O) groups is 2. The van der Waals surface area contributed by atoms with Crippen LogP contribution in [0.25, 0.3) is 10.4 Å². The summed E-state index contributed by atoms with van der Waals surface area (Å²) in [5, 5.41) is 12.7. The number of hydrogen-bond donors (Lipinski definition) is 0. The molecule has 3 aromatic rings. The zero-order valence-electron chi connectivity index (χ0n) is 18.3. The van der Waals surface area contributed by atoms with Crippen LogP contribution >= 0.6 is 34.5 Å². The fourth-order valence-electron chi connectivity index (χ4n) is 3.67. The summed E-state index contributed by atoms with van der Waals surface area (Å²) >= 11 is 13.4. The standard InChI is InChI=1S/C24H24Cl2N2O3S/c1-15(14-28(2,3)4)27(23(29)18-11-10-17(25)12-19(18)26)20-13-21(32-22(20)24(30)31)16-8-6-5-7-9-16/h5-13,15H,14H2,1-4H3. The maximum absolute atomic E-state index is 13.7. The van der Waals surface area contributed by atoms with E-state index in [1.165, 1.54) is 11.0 Å². The second-order valence-corrected chi connectivity index (χ2v) is 10.5. The molecule has 2 aromatic carbocycles. The lowest BCUT2D eigenvalue weighted by atomic mass is 10.1. The van der Waals surface area contributed by atoms with Gasteiger partial charge in [0, 0.05) is 9.90 Å². The molecule has 0 saturated heterocycles. The molecular weight excluding hydrogens is 467 g/mol. The third-order valence-corrected chi connectivity index (χ3v) is 6.55. The monoisotopic (exact) mass is 490 g/mol. The second-order valence-electron chi connectivity index (χ2n) is 8.60. The number of carboxylic acids is 1. The molecule has 0 bridgehead atoms. The summed E-state index contributed by atoms with van der Waals surface area (Å²) in [5.41, 5.74) is 1.41. The molecule has 0 spiro atoms. The van der Waals surface area contributed by atoms with Crippen molar-refractivity contribution in [3.8, 4) is 10.4 Å². The molecular formula is C24H24Cl2N2O3S. The number of quaternary nitrogens is 1. The summed E-state index contributed by atoms with van der Waals surface area (Å²) in [4.78, 5) is 28.0. The molecule has 0 aliphatic carbocycles. The molecule has 0 radical (unpaired) electrons. The van der Waals surface area contributed by atoms with Gasteiger partial charge in [-0.2, -0.15) is 0 Å². The van der Waals surface area contributed by atoms with Gasteiger partial charge < -0.3 is 14.4 Å². The van der Waals surface area contributed by atoms with E-state index in [1.54, 1.807) is 18.2 Å². The maximum Gasteiger partial charge on any atom is 0.260 e. The van der Waals surface area contributed by atoms with E-state index < -0.39 is 11.9 Å². The summed E-state index contributed by atoms with van der Waals surface area (Å²) in [5.74, 6) is -1.72. The van der Waals surface area contributed by atoms with Gasteiger partial charge in [-0.3, -0.25) is 9.69 Å². The Kier molecular flexibility index (Phi) is 7.30. The largest absolute Gasteiger partial charge is 0.544 e. The van der Waals surface area contributed by atoms with Gasteiger partial charge in [-0.1, -0.05) is 53.5 Å². The van der Waals surface area contributed by atoms with Gasteiger partial charge in [0.05, 0.1) is 60.8 Å². The zero-order valence-corrected chi connectivity index (χ0v) is 20.6. The SMILES string of the molecule is CC(C[N+](C)(C)C)N(C(=O)c1ccc(Cl)cc1Cl)c1cc(-c2ccccc2)sc1C(=O)[O-]. The van der Waals surface area contributed by atoms with Crippen LogP contribution in [-0.2, 0) is 0 Å². The van der Waals surface area contributed by atoms with E-state index >= 15 is 0 Å². The number of benzene rings is 2. The van der Waals surface area contributed by atoms with E-state index in [1.807, 2.05) is 58.4 Å². The Balaban J connectivity index is 2.17. The lowest BCUT2D eigenvalue weighted by Crippen LogP contribution is -2.50. The average Bonchev–Trinajstić information content (AvgIpc) is 3.12. The first kappa shape index (κ1) is 24.3. The van der Waals surface area contributed by atoms with E-state index in [0.717, 1.165) is 21.8 Å². The molecule has 0 N–H and O–H groups in total. The number of aromatic carboxylic acids is 1. The van der Waals surface area contributed by atoms with Crippen molar-refractivity contribution in [3.05, 3.63) is 75.1 Å². The van der Waals surface area contributed by atoms with Crippen LogP contribution in [0.3, 0.4) is 0 Å². The summed E-state index contributed by atoms with van der Waals surface area (Å²) in [6.45, 7) is 2.48. The average molecular weight is 491 g/mol. The quantitative estimate of drug-likeness (QED) is 0.445. The first-order valence-electron chi connectivity index (χ1n) is 9.97. The van der Waals surface area contributed by atoms with Crippen LogP contribution in [0.15, 0.2) is 54.6 Å². The van der Waals surface area contributed by atoms with Crippen LogP contribution < -0.4 is 10.0 Å². The highest BCUT2D eigenvalue weighted by Crippen LogP contribution is 2.38. The van der Waals surface area contributed by atoms with Crippen LogP contribution in [0.4, 0.5) is 5.69 Å². The molecule has 0 aliphatic rings. The van der Waals surface area contributed by atoms with Gasteiger partial charge >= 0.3 is 0 Å². The number of anilines is 1. The summed E-state index contributed by atoms with van der Waals surface area (Å²) < 4.78 is 0.579. The number of thiophene rings is 1. The molecule has 0 aliphatic heterocycles. The van der Waals surface area contributed by atoms with E-state index in [4.69, 9.17) is 23.2 Å². The van der Waals surface area contributed by atoms with E-state index in [0.29, 0.717) is 21.7 Å². The second kappa shape index (κ2) is 9.63. The topological polar surface area (TPSA) is 60.4 Å². The maximum atomic E-state index is 13.7. The van der Waals surface area contributed by atoms with E-state index in [2.05, 4.69) is 0 Å². The van der Waals surface area contributed by atoms with Crippen molar-refractivity contribution in [2.75, 3.05) is 32.6 Å². The van der Waals surface area contributed by atoms with Crippen molar-refractivity contribution in [2.24, 2.45) is 0 Å². The fraction of sp³-hybridized carbons (Fsp3) is 0.250. The van der Waals surface area contributed by atoms with Crippen LogP contribution in [0.2, 0.25) is 10.0 Å². The Morgan fingerprint density at radius 1 is 1.06 bits per heavy atom. The van der Waals surface area contributed by atoms with Crippen LogP contribution in [-0.4, -0.2) is 50.1 Å². The minimum absolute atomic E-state index is 0.00412. The molecule has 1 atom stereocenters. The zero-order chi connectivity index (χ0) is 23.6. The van der Waals surface area contributed by atoms with Crippen LogP contribution in [0, 0.1) is 0 Å². The number of hydrogen-bond acceptors (Lipinski definition) is 4. The van der Waals surface area contributed by atoms with Crippen molar-refractivity contribution < 1.29 is 19.2 Å². The Morgan fingerprint density at radius 3 is 2.28 bits per heavy atom. The molecule has 5 nitrogen and oxygen atoms in total. The summed E-state index contributed by atoms with van der Waals surface area (Å²) in [6.07, 6.45) is 0. The number of halogens is 2. The van der Waals surface area contributed by atoms with E-state index in [-0.39, 0.29) is 21.5 Å². The van der Waals surface area contributed by atoms with Crippen molar-refractivity contribution in [3.63, 3.8) is 0 Å². The van der Waals surface area contributed by atoms with Gasteiger partial charge in [0.15, 0.2) is 0 Å². The normalized spacial score (nSPS) is 12.4. The van der Waals surface area contributed by atoms with Crippen molar-refractivity contribution in [1.29, 1.82) is 0 Å². The lowest BCUT2D eigenvalue weighted by molar-refractivity contribution is -0.870. The predicted molar refractivity (Wildman–Crippen MR) is 130 cm³/mol. The highest BCUT2D eigenvalue weighted by Gasteiger charge is 2.31. The summed E-state index contributed by atoms with van der Waals surface area (Å²) in [7, 11) is 6.03. The smallest absolute Gasteiger partial charge is 0.260 e. The Bertz CT molecular complexity index is 1140. The predicted octanol–water partition coefficient (Wildman–Crippen LogP) is 4.83. The van der Waals surface area contributed by atoms with Crippen molar-refractivity contribution >= 4 is 52.1 Å². The minimum atomic E-state index is -1.33. The highest BCUT2D eigenvalue weighted by molar-refractivity contribution is 7.18. The molecule has 8 heteroatoms. The third kappa shape index (κ3) is 5.51. The van der Waals surface area contributed by atoms with Crippen molar-refractivity contribution in [1.82, 2.24) is 0 Å². The number of amides is 1. The molecule has 1 unspecified atom stereocenters. The fourth-order valence-corrected chi connectivity index (χ4v) is 5.14. The first-order valence-corrected chi connectivity index (χ1v) is 11.5. The van der Waals surface area contributed by atoms with Crippen LogP contribution in [0.1, 0.15) is 27.0 Å². The van der Waals surface area contributed by atoms with Crippen LogP contribution in [0.5, 0.6) is 0 Å². The minimum Gasteiger partial charge on any atom is -0.544 e. The Morgan fingerprint density at radius 2 is 1.72 bits per heavy atom. The molecule has 1 heterocycles. The highest BCUT2D eigenvalue weighted by atomic mass is 35.5. The molecule has 3 rings (SSSR count). The number of carbonyl (C=O) groups excluding carboxylic acids is 2. The van der Waals surface area contributed by atoms with Gasteiger partial charge in [-0.15, -0.1) is 11.3 Å².